The van der Waals surface area contributed by atoms with Crippen molar-refractivity contribution in [3.8, 4) is 11.6 Å². The molecule has 2 rings (SSSR count). The largest absolute Gasteiger partial charge is 0.495 e. The first-order chi connectivity index (χ1) is 11.1. The van der Waals surface area contributed by atoms with Gasteiger partial charge >= 0.3 is 0 Å². The Hall–Kier alpha value is -2.18. The van der Waals surface area contributed by atoms with E-state index in [-0.39, 0.29) is 5.96 Å². The van der Waals surface area contributed by atoms with Crippen LogP contribution in [0.25, 0.3) is 0 Å². The fourth-order valence-corrected chi connectivity index (χ4v) is 2.15. The second-order valence-corrected chi connectivity index (χ2v) is 5.19. The maximum absolute atomic E-state index is 6.04. The number of nitrogens with one attached hydrogen (secondary N) is 1. The minimum atomic E-state index is 0.252. The van der Waals surface area contributed by atoms with Gasteiger partial charge in [0.15, 0.2) is 5.96 Å². The number of aliphatic imine (C=N–C) groups is 1. The third-order valence-electron chi connectivity index (χ3n) is 2.76. The third kappa shape index (κ3) is 5.19. The van der Waals surface area contributed by atoms with Crippen LogP contribution in [-0.2, 0) is 0 Å². The standard InChI is InChI=1S/C15H16Cl2N4O2/c1-22-13-5-4-10(9-12(13)17)21-15(18)20-7-8-23-14-11(16)3-2-6-19-14/h2-6,9H,7-8H2,1H3,(H3,18,20,21). The molecule has 0 amide bonds. The van der Waals surface area contributed by atoms with E-state index in [4.69, 9.17) is 38.4 Å². The highest BCUT2D eigenvalue weighted by atomic mass is 35.5. The number of anilines is 1. The average Bonchev–Trinajstić information content (AvgIpc) is 2.53. The van der Waals surface area contributed by atoms with E-state index in [9.17, 15) is 0 Å². The number of ether oxygens (including phenoxy) is 2. The van der Waals surface area contributed by atoms with Crippen LogP contribution in [0.5, 0.6) is 11.6 Å². The van der Waals surface area contributed by atoms with Crippen molar-refractivity contribution in [1.82, 2.24) is 4.98 Å². The van der Waals surface area contributed by atoms with E-state index in [0.29, 0.717) is 40.5 Å². The van der Waals surface area contributed by atoms with E-state index < -0.39 is 0 Å². The number of guanidine groups is 1. The topological polar surface area (TPSA) is 81.8 Å². The van der Waals surface area contributed by atoms with E-state index in [1.165, 1.54) is 0 Å². The fraction of sp³-hybridized carbons (Fsp3) is 0.200. The summed E-state index contributed by atoms with van der Waals surface area (Å²) in [6, 6.07) is 8.67. The van der Waals surface area contributed by atoms with Crippen LogP contribution in [-0.4, -0.2) is 31.2 Å². The lowest BCUT2D eigenvalue weighted by molar-refractivity contribution is 0.316. The molecule has 2 aromatic rings. The molecule has 23 heavy (non-hydrogen) atoms. The molecule has 8 heteroatoms. The van der Waals surface area contributed by atoms with Gasteiger partial charge < -0.3 is 20.5 Å². The van der Waals surface area contributed by atoms with Crippen LogP contribution in [0.1, 0.15) is 0 Å². The number of benzene rings is 1. The van der Waals surface area contributed by atoms with Crippen LogP contribution in [0.2, 0.25) is 10.0 Å². The number of aromatic nitrogens is 1. The molecule has 0 spiro atoms. The van der Waals surface area contributed by atoms with Crippen molar-refractivity contribution in [3.05, 3.63) is 46.6 Å². The number of halogens is 2. The highest BCUT2D eigenvalue weighted by molar-refractivity contribution is 6.32. The Morgan fingerprint density at radius 3 is 2.83 bits per heavy atom. The fourth-order valence-electron chi connectivity index (χ4n) is 1.72. The first-order valence-electron chi connectivity index (χ1n) is 6.74. The number of hydrogen-bond donors (Lipinski definition) is 2. The lowest BCUT2D eigenvalue weighted by atomic mass is 10.3. The molecule has 0 bridgehead atoms. The molecule has 122 valence electrons. The average molecular weight is 355 g/mol. The molecule has 0 saturated heterocycles. The minimum absolute atomic E-state index is 0.252. The highest BCUT2D eigenvalue weighted by Crippen LogP contribution is 2.27. The molecule has 0 saturated carbocycles. The zero-order valence-electron chi connectivity index (χ0n) is 12.4. The Morgan fingerprint density at radius 1 is 1.30 bits per heavy atom. The summed E-state index contributed by atoms with van der Waals surface area (Å²) in [4.78, 5) is 8.16. The number of rotatable bonds is 6. The highest BCUT2D eigenvalue weighted by Gasteiger charge is 2.03. The maximum atomic E-state index is 6.04. The maximum Gasteiger partial charge on any atom is 0.232 e. The molecule has 0 fully saturated rings. The van der Waals surface area contributed by atoms with Crippen molar-refractivity contribution in [2.45, 2.75) is 0 Å². The van der Waals surface area contributed by atoms with Crippen LogP contribution in [0.15, 0.2) is 41.5 Å². The molecule has 0 aliphatic rings. The Balaban J connectivity index is 1.83. The monoisotopic (exact) mass is 354 g/mol. The number of methoxy groups -OCH3 is 1. The van der Waals surface area contributed by atoms with Gasteiger partial charge in [-0.1, -0.05) is 23.2 Å². The van der Waals surface area contributed by atoms with Crippen molar-refractivity contribution in [2.24, 2.45) is 10.7 Å². The zero-order chi connectivity index (χ0) is 16.7. The van der Waals surface area contributed by atoms with Crippen molar-refractivity contribution in [3.63, 3.8) is 0 Å². The smallest absolute Gasteiger partial charge is 0.232 e. The summed E-state index contributed by atoms with van der Waals surface area (Å²) in [5.41, 5.74) is 6.52. The van der Waals surface area contributed by atoms with E-state index in [0.717, 1.165) is 0 Å². The number of hydrogen-bond acceptors (Lipinski definition) is 4. The second kappa shape index (κ2) is 8.45. The predicted molar refractivity (Wildman–Crippen MR) is 92.9 cm³/mol. The number of pyridine rings is 1. The molecule has 1 heterocycles. The zero-order valence-corrected chi connectivity index (χ0v) is 13.9. The van der Waals surface area contributed by atoms with Gasteiger partial charge in [-0.05, 0) is 30.3 Å². The minimum Gasteiger partial charge on any atom is -0.495 e. The molecule has 0 unspecified atom stereocenters. The molecule has 0 atom stereocenters. The molecular formula is C15H16Cl2N4O2. The van der Waals surface area contributed by atoms with Crippen LogP contribution in [0.4, 0.5) is 5.69 Å². The van der Waals surface area contributed by atoms with Gasteiger partial charge in [0.25, 0.3) is 0 Å². The first-order valence-corrected chi connectivity index (χ1v) is 7.49. The number of nitrogens with zero attached hydrogens (tertiary/aromatic N) is 2. The van der Waals surface area contributed by atoms with Crippen molar-refractivity contribution in [1.29, 1.82) is 0 Å². The van der Waals surface area contributed by atoms with E-state index in [1.807, 2.05) is 0 Å². The Morgan fingerprint density at radius 2 is 2.13 bits per heavy atom. The Labute approximate surface area is 144 Å². The molecule has 1 aromatic carbocycles. The third-order valence-corrected chi connectivity index (χ3v) is 3.34. The summed E-state index contributed by atoms with van der Waals surface area (Å²) >= 11 is 12.0. The van der Waals surface area contributed by atoms with Gasteiger partial charge in [0, 0.05) is 11.9 Å². The second-order valence-electron chi connectivity index (χ2n) is 4.38. The summed E-state index contributed by atoms with van der Waals surface area (Å²) in [5.74, 6) is 1.22. The van der Waals surface area contributed by atoms with Crippen molar-refractivity contribution >= 4 is 34.8 Å². The summed E-state index contributed by atoms with van der Waals surface area (Å²) < 4.78 is 10.5. The van der Waals surface area contributed by atoms with Crippen LogP contribution >= 0.6 is 23.2 Å². The lowest BCUT2D eigenvalue weighted by Gasteiger charge is -2.09. The number of nitrogens with two attached hydrogens (primary N) is 1. The first kappa shape index (κ1) is 17.2. The summed E-state index contributed by atoms with van der Waals surface area (Å²) in [5, 5.41) is 3.87. The summed E-state index contributed by atoms with van der Waals surface area (Å²) in [7, 11) is 1.55. The van der Waals surface area contributed by atoms with Crippen molar-refractivity contribution in [2.75, 3.05) is 25.6 Å². The van der Waals surface area contributed by atoms with Gasteiger partial charge in [-0.3, -0.25) is 0 Å². The summed E-state index contributed by atoms with van der Waals surface area (Å²) in [6.45, 7) is 0.665. The van der Waals surface area contributed by atoms with E-state index >= 15 is 0 Å². The molecule has 3 N–H and O–H groups in total. The quantitative estimate of drug-likeness (QED) is 0.472. The Bertz CT molecular complexity index is 695. The van der Waals surface area contributed by atoms with Gasteiger partial charge in [0.2, 0.25) is 5.88 Å². The molecular weight excluding hydrogens is 339 g/mol. The van der Waals surface area contributed by atoms with Gasteiger partial charge in [-0.15, -0.1) is 0 Å². The van der Waals surface area contributed by atoms with Crippen LogP contribution in [0.3, 0.4) is 0 Å². The van der Waals surface area contributed by atoms with Gasteiger partial charge in [-0.2, -0.15) is 0 Å². The van der Waals surface area contributed by atoms with E-state index in [1.54, 1.807) is 43.6 Å². The Kier molecular flexibility index (Phi) is 6.31. The molecule has 0 aliphatic heterocycles. The van der Waals surface area contributed by atoms with Gasteiger partial charge in [-0.25, -0.2) is 9.98 Å². The molecule has 0 radical (unpaired) electrons. The molecule has 6 nitrogen and oxygen atoms in total. The lowest BCUT2D eigenvalue weighted by Crippen LogP contribution is -2.23. The molecule has 1 aromatic heterocycles. The summed E-state index contributed by atoms with van der Waals surface area (Å²) in [6.07, 6.45) is 1.60. The normalized spacial score (nSPS) is 11.2. The van der Waals surface area contributed by atoms with Crippen LogP contribution in [0, 0.1) is 0 Å². The predicted octanol–water partition coefficient (Wildman–Crippen LogP) is 3.20. The van der Waals surface area contributed by atoms with Crippen molar-refractivity contribution < 1.29 is 9.47 Å². The van der Waals surface area contributed by atoms with Gasteiger partial charge in [0.1, 0.15) is 17.4 Å². The molecule has 0 aliphatic carbocycles. The SMILES string of the molecule is COc1ccc(NC(N)=NCCOc2ncccc2Cl)cc1Cl. The van der Waals surface area contributed by atoms with E-state index in [2.05, 4.69) is 15.3 Å². The van der Waals surface area contributed by atoms with Gasteiger partial charge in [0.05, 0.1) is 18.7 Å². The van der Waals surface area contributed by atoms with Crippen LogP contribution < -0.4 is 20.5 Å².